The van der Waals surface area contributed by atoms with Gasteiger partial charge in [-0.15, -0.1) is 0 Å². The molecule has 1 aliphatic heterocycles. The van der Waals surface area contributed by atoms with E-state index in [0.29, 0.717) is 5.02 Å². The Labute approximate surface area is 105 Å². The maximum absolute atomic E-state index is 5.97. The summed E-state index contributed by atoms with van der Waals surface area (Å²) in [7, 11) is 0. The Morgan fingerprint density at radius 1 is 1.18 bits per heavy atom. The van der Waals surface area contributed by atoms with Crippen molar-refractivity contribution in [2.24, 2.45) is 0 Å². The van der Waals surface area contributed by atoms with Gasteiger partial charge in [-0.3, -0.25) is 4.98 Å². The molecule has 17 heavy (non-hydrogen) atoms. The van der Waals surface area contributed by atoms with Crippen LogP contribution in [0, 0.1) is 0 Å². The molecule has 0 saturated carbocycles. The molecule has 0 bridgehead atoms. The van der Waals surface area contributed by atoms with Crippen LogP contribution in [-0.4, -0.2) is 31.2 Å². The summed E-state index contributed by atoms with van der Waals surface area (Å²) in [6.45, 7) is 4.21. The second-order valence-corrected chi connectivity index (χ2v) is 4.70. The predicted molar refractivity (Wildman–Crippen MR) is 71.8 cm³/mol. The highest BCUT2D eigenvalue weighted by atomic mass is 35.5. The molecule has 2 heterocycles. The minimum atomic E-state index is 0.690. The summed E-state index contributed by atoms with van der Waals surface area (Å²) in [4.78, 5) is 6.69. The Balaban J connectivity index is 1.99. The van der Waals surface area contributed by atoms with Gasteiger partial charge in [-0.1, -0.05) is 11.6 Å². The number of halogens is 1. The molecule has 0 aliphatic carbocycles. The van der Waals surface area contributed by atoms with Crippen LogP contribution in [0.2, 0.25) is 5.02 Å². The number of fused-ring (bicyclic) bond motifs is 1. The van der Waals surface area contributed by atoms with Gasteiger partial charge >= 0.3 is 0 Å². The highest BCUT2D eigenvalue weighted by Gasteiger charge is 2.10. The zero-order valence-electron chi connectivity index (χ0n) is 9.49. The summed E-state index contributed by atoms with van der Waals surface area (Å²) in [5, 5.41) is 5.15. The first kappa shape index (κ1) is 10.8. The summed E-state index contributed by atoms with van der Waals surface area (Å²) in [5.41, 5.74) is 2.25. The third-order valence-electron chi connectivity index (χ3n) is 3.11. The highest BCUT2D eigenvalue weighted by molar-refractivity contribution is 6.31. The second-order valence-electron chi connectivity index (χ2n) is 4.27. The molecular weight excluding hydrogens is 234 g/mol. The fraction of sp³-hybridized carbons (Fsp3) is 0.308. The monoisotopic (exact) mass is 247 g/mol. The first-order valence-corrected chi connectivity index (χ1v) is 6.22. The average molecular weight is 248 g/mol. The minimum absolute atomic E-state index is 0.690. The topological polar surface area (TPSA) is 28.2 Å². The van der Waals surface area contributed by atoms with Gasteiger partial charge in [0.05, 0.1) is 10.5 Å². The van der Waals surface area contributed by atoms with Gasteiger partial charge in [-0.05, 0) is 24.3 Å². The molecule has 0 amide bonds. The lowest BCUT2D eigenvalue weighted by atomic mass is 10.2. The second kappa shape index (κ2) is 4.51. The van der Waals surface area contributed by atoms with Gasteiger partial charge in [-0.25, -0.2) is 0 Å². The zero-order chi connectivity index (χ0) is 11.7. The number of aromatic nitrogens is 1. The number of anilines is 1. The van der Waals surface area contributed by atoms with Crippen LogP contribution < -0.4 is 10.2 Å². The number of piperazine rings is 1. The van der Waals surface area contributed by atoms with E-state index < -0.39 is 0 Å². The number of benzene rings is 1. The van der Waals surface area contributed by atoms with Crippen molar-refractivity contribution in [1.82, 2.24) is 10.3 Å². The molecule has 1 fully saturated rings. The zero-order valence-corrected chi connectivity index (χ0v) is 10.2. The average Bonchev–Trinajstić information content (AvgIpc) is 2.39. The molecule has 0 spiro atoms. The van der Waals surface area contributed by atoms with E-state index in [0.717, 1.165) is 37.1 Å². The van der Waals surface area contributed by atoms with Gasteiger partial charge in [0.15, 0.2) is 0 Å². The van der Waals surface area contributed by atoms with E-state index in [9.17, 15) is 0 Å². The number of rotatable bonds is 1. The quantitative estimate of drug-likeness (QED) is 0.838. The molecule has 0 radical (unpaired) electrons. The Morgan fingerprint density at radius 3 is 2.82 bits per heavy atom. The van der Waals surface area contributed by atoms with Crippen molar-refractivity contribution in [2.45, 2.75) is 0 Å². The molecule has 1 saturated heterocycles. The third kappa shape index (κ3) is 2.21. The van der Waals surface area contributed by atoms with Crippen molar-refractivity contribution in [2.75, 3.05) is 31.1 Å². The van der Waals surface area contributed by atoms with E-state index in [1.54, 1.807) is 6.20 Å². The van der Waals surface area contributed by atoms with Gasteiger partial charge in [-0.2, -0.15) is 0 Å². The maximum Gasteiger partial charge on any atom is 0.0704 e. The van der Waals surface area contributed by atoms with E-state index in [1.165, 1.54) is 5.69 Å². The number of nitrogens with zero attached hydrogens (tertiary/aromatic N) is 2. The van der Waals surface area contributed by atoms with Crippen LogP contribution in [0.4, 0.5) is 5.69 Å². The number of pyridine rings is 1. The van der Waals surface area contributed by atoms with Gasteiger partial charge in [0.25, 0.3) is 0 Å². The van der Waals surface area contributed by atoms with E-state index in [-0.39, 0.29) is 0 Å². The van der Waals surface area contributed by atoms with Gasteiger partial charge in [0.1, 0.15) is 0 Å². The molecule has 1 aromatic carbocycles. The van der Waals surface area contributed by atoms with Crippen molar-refractivity contribution in [3.63, 3.8) is 0 Å². The molecule has 3 rings (SSSR count). The number of nitrogens with one attached hydrogen (secondary N) is 1. The normalized spacial score (nSPS) is 16.4. The largest absolute Gasteiger partial charge is 0.369 e. The number of hydrogen-bond acceptors (Lipinski definition) is 3. The summed E-state index contributed by atoms with van der Waals surface area (Å²) in [6.07, 6.45) is 1.69. The maximum atomic E-state index is 5.97. The van der Waals surface area contributed by atoms with Crippen LogP contribution >= 0.6 is 11.6 Å². The van der Waals surface area contributed by atoms with Crippen molar-refractivity contribution >= 4 is 28.2 Å². The summed E-state index contributed by atoms with van der Waals surface area (Å²) in [5.74, 6) is 0. The molecular formula is C13H14ClN3. The van der Waals surface area contributed by atoms with E-state index in [1.807, 2.05) is 6.07 Å². The lowest BCUT2D eigenvalue weighted by molar-refractivity contribution is 0.589. The first-order valence-electron chi connectivity index (χ1n) is 5.84. The lowest BCUT2D eigenvalue weighted by Gasteiger charge is -2.29. The first-order chi connectivity index (χ1) is 8.33. The molecule has 4 heteroatoms. The van der Waals surface area contributed by atoms with Crippen LogP contribution in [0.15, 0.2) is 30.5 Å². The summed E-state index contributed by atoms with van der Waals surface area (Å²) >= 11 is 5.97. The minimum Gasteiger partial charge on any atom is -0.369 e. The van der Waals surface area contributed by atoms with Gasteiger partial charge in [0, 0.05) is 43.4 Å². The fourth-order valence-corrected chi connectivity index (χ4v) is 2.38. The Morgan fingerprint density at radius 2 is 2.00 bits per heavy atom. The fourth-order valence-electron chi connectivity index (χ4n) is 2.21. The Kier molecular flexibility index (Phi) is 2.87. The SMILES string of the molecule is Clc1cnc2ccc(N3CCNCC3)cc2c1. The molecule has 3 nitrogen and oxygen atoms in total. The third-order valence-corrected chi connectivity index (χ3v) is 3.32. The molecule has 0 unspecified atom stereocenters. The van der Waals surface area contributed by atoms with Crippen molar-refractivity contribution < 1.29 is 0 Å². The molecule has 1 N–H and O–H groups in total. The van der Waals surface area contributed by atoms with Crippen LogP contribution in [0.5, 0.6) is 0 Å². The van der Waals surface area contributed by atoms with Gasteiger partial charge < -0.3 is 10.2 Å². The van der Waals surface area contributed by atoms with Crippen LogP contribution in [0.3, 0.4) is 0 Å². The van der Waals surface area contributed by atoms with Crippen LogP contribution in [-0.2, 0) is 0 Å². The van der Waals surface area contributed by atoms with Gasteiger partial charge in [0.2, 0.25) is 0 Å². The van der Waals surface area contributed by atoms with E-state index >= 15 is 0 Å². The molecule has 2 aromatic rings. The van der Waals surface area contributed by atoms with E-state index in [2.05, 4.69) is 33.4 Å². The van der Waals surface area contributed by atoms with Crippen molar-refractivity contribution in [3.8, 4) is 0 Å². The van der Waals surface area contributed by atoms with E-state index in [4.69, 9.17) is 11.6 Å². The Hall–Kier alpha value is -1.32. The van der Waals surface area contributed by atoms with Crippen molar-refractivity contribution in [3.05, 3.63) is 35.5 Å². The molecule has 0 atom stereocenters. The Bertz CT molecular complexity index is 535. The lowest BCUT2D eigenvalue weighted by Crippen LogP contribution is -2.43. The molecule has 88 valence electrons. The summed E-state index contributed by atoms with van der Waals surface area (Å²) in [6, 6.07) is 8.33. The van der Waals surface area contributed by atoms with Crippen LogP contribution in [0.1, 0.15) is 0 Å². The summed E-state index contributed by atoms with van der Waals surface area (Å²) < 4.78 is 0. The van der Waals surface area contributed by atoms with Crippen molar-refractivity contribution in [1.29, 1.82) is 0 Å². The molecule has 1 aromatic heterocycles. The smallest absolute Gasteiger partial charge is 0.0704 e. The van der Waals surface area contributed by atoms with Crippen LogP contribution in [0.25, 0.3) is 10.9 Å². The number of hydrogen-bond donors (Lipinski definition) is 1. The molecule has 1 aliphatic rings. The highest BCUT2D eigenvalue weighted by Crippen LogP contribution is 2.23. The standard InChI is InChI=1S/C13H14ClN3/c14-11-7-10-8-12(1-2-13(10)16-9-11)17-5-3-15-4-6-17/h1-2,7-9,15H,3-6H2. The predicted octanol–water partition coefficient (Wildman–Crippen LogP) is 2.30.